The van der Waals surface area contributed by atoms with Gasteiger partial charge in [-0.05, 0) is 45.3 Å². The topological polar surface area (TPSA) is 22.2 Å². The van der Waals surface area contributed by atoms with E-state index in [4.69, 9.17) is 4.98 Å². The van der Waals surface area contributed by atoms with Gasteiger partial charge in [0.1, 0.15) is 0 Å². The van der Waals surface area contributed by atoms with Gasteiger partial charge in [0.25, 0.3) is 0 Å². The highest BCUT2D eigenvalue weighted by Gasteiger charge is 2.17. The molecule has 2 aromatic heterocycles. The molecule has 0 saturated heterocycles. The van der Waals surface area contributed by atoms with Gasteiger partial charge in [-0.3, -0.25) is 4.40 Å². The molecule has 0 N–H and O–H groups in total. The Labute approximate surface area is 191 Å². The number of imidazole rings is 2. The average molecular weight is 424 g/mol. The van der Waals surface area contributed by atoms with Crippen LogP contribution in [0.5, 0.6) is 0 Å². The van der Waals surface area contributed by atoms with Crippen molar-refractivity contribution in [1.82, 2.24) is 14.0 Å². The summed E-state index contributed by atoms with van der Waals surface area (Å²) in [6.45, 7) is 0.754. The summed E-state index contributed by atoms with van der Waals surface area (Å²) in [6.07, 6.45) is 2.16. The van der Waals surface area contributed by atoms with Gasteiger partial charge in [0.15, 0.2) is 0 Å². The van der Waals surface area contributed by atoms with Crippen molar-refractivity contribution < 1.29 is 0 Å². The minimum Gasteiger partial charge on any atom is -0.305 e. The van der Waals surface area contributed by atoms with E-state index < -0.39 is 0 Å². The minimum absolute atomic E-state index is 0.754. The quantitative estimate of drug-likeness (QED) is 0.273. The molecule has 3 nitrogen and oxygen atoms in total. The number of benzene rings is 5. The number of fused-ring (bicyclic) bond motifs is 5. The van der Waals surface area contributed by atoms with Gasteiger partial charge >= 0.3 is 0 Å². The molecule has 0 saturated carbocycles. The molecule has 0 aliphatic carbocycles. The van der Waals surface area contributed by atoms with Crippen LogP contribution in [0.3, 0.4) is 0 Å². The van der Waals surface area contributed by atoms with E-state index in [-0.39, 0.29) is 0 Å². The number of para-hydroxylation sites is 2. The van der Waals surface area contributed by atoms with Crippen LogP contribution in [0.25, 0.3) is 49.6 Å². The highest BCUT2D eigenvalue weighted by molar-refractivity contribution is 6.02. The monoisotopic (exact) mass is 423 g/mol. The number of hydrogen-bond acceptors (Lipinski definition) is 1. The van der Waals surface area contributed by atoms with Crippen molar-refractivity contribution in [2.45, 2.75) is 6.54 Å². The van der Waals surface area contributed by atoms with E-state index >= 15 is 0 Å². The standard InChI is InChI=1S/C30H21N3/c1-2-10-21(11-3-1)27-20-33-29-17-9-8-16-28(29)32(30(33)31-27)19-26-24-14-6-4-12-22(24)18-23-13-5-7-15-25(23)26/h1-18,20H,19H2. The van der Waals surface area contributed by atoms with Gasteiger partial charge in [0.2, 0.25) is 5.78 Å². The van der Waals surface area contributed by atoms with Crippen molar-refractivity contribution in [3.05, 3.63) is 121 Å². The first-order valence-corrected chi connectivity index (χ1v) is 11.3. The second-order valence-corrected chi connectivity index (χ2v) is 8.53. The van der Waals surface area contributed by atoms with Gasteiger partial charge in [-0.15, -0.1) is 0 Å². The zero-order valence-electron chi connectivity index (χ0n) is 18.0. The van der Waals surface area contributed by atoms with E-state index in [0.29, 0.717) is 0 Å². The van der Waals surface area contributed by atoms with E-state index in [1.807, 2.05) is 6.07 Å². The van der Waals surface area contributed by atoms with Crippen molar-refractivity contribution in [3.8, 4) is 11.3 Å². The van der Waals surface area contributed by atoms with Crippen LogP contribution in [0.15, 0.2) is 115 Å². The molecule has 0 bridgehead atoms. The summed E-state index contributed by atoms with van der Waals surface area (Å²) in [5.41, 5.74) is 5.82. The summed E-state index contributed by atoms with van der Waals surface area (Å²) >= 11 is 0. The van der Waals surface area contributed by atoms with E-state index in [9.17, 15) is 0 Å². The fourth-order valence-electron chi connectivity index (χ4n) is 5.08. The molecule has 0 spiro atoms. The fraction of sp³-hybridized carbons (Fsp3) is 0.0333. The van der Waals surface area contributed by atoms with Crippen LogP contribution in [-0.4, -0.2) is 14.0 Å². The van der Waals surface area contributed by atoms with Crippen LogP contribution in [0.2, 0.25) is 0 Å². The van der Waals surface area contributed by atoms with Gasteiger partial charge in [-0.1, -0.05) is 91.0 Å². The third-order valence-corrected chi connectivity index (χ3v) is 6.63. The minimum atomic E-state index is 0.754. The Morgan fingerprint density at radius 1 is 0.606 bits per heavy atom. The Balaban J connectivity index is 1.52. The lowest BCUT2D eigenvalue weighted by Crippen LogP contribution is -2.02. The molecular formula is C30H21N3. The molecule has 0 unspecified atom stereocenters. The summed E-state index contributed by atoms with van der Waals surface area (Å²) in [7, 11) is 0. The molecule has 0 aliphatic rings. The summed E-state index contributed by atoms with van der Waals surface area (Å²) in [4.78, 5) is 5.10. The Morgan fingerprint density at radius 2 is 1.21 bits per heavy atom. The van der Waals surface area contributed by atoms with Crippen LogP contribution in [0, 0.1) is 0 Å². The first-order chi connectivity index (χ1) is 16.4. The van der Waals surface area contributed by atoms with Crippen LogP contribution >= 0.6 is 0 Å². The first-order valence-electron chi connectivity index (χ1n) is 11.3. The third kappa shape index (κ3) is 2.79. The summed E-state index contributed by atoms with van der Waals surface area (Å²) in [5.74, 6) is 0.965. The molecule has 0 fully saturated rings. The molecular weight excluding hydrogens is 402 g/mol. The summed E-state index contributed by atoms with van der Waals surface area (Å²) in [6, 6.07) is 38.7. The molecule has 33 heavy (non-hydrogen) atoms. The highest BCUT2D eigenvalue weighted by atomic mass is 15.2. The number of aromatic nitrogens is 3. The Bertz CT molecular complexity index is 1730. The number of nitrogens with zero attached hydrogens (tertiary/aromatic N) is 3. The first kappa shape index (κ1) is 18.2. The van der Waals surface area contributed by atoms with Crippen LogP contribution in [0.4, 0.5) is 0 Å². The van der Waals surface area contributed by atoms with Gasteiger partial charge in [0.05, 0.1) is 23.3 Å². The van der Waals surface area contributed by atoms with Gasteiger partial charge in [-0.2, -0.15) is 0 Å². The molecule has 2 heterocycles. The van der Waals surface area contributed by atoms with Gasteiger partial charge < -0.3 is 4.57 Å². The zero-order valence-corrected chi connectivity index (χ0v) is 18.0. The van der Waals surface area contributed by atoms with Crippen LogP contribution in [0.1, 0.15) is 5.56 Å². The normalized spacial score (nSPS) is 11.8. The lowest BCUT2D eigenvalue weighted by Gasteiger charge is -2.13. The van der Waals surface area contributed by atoms with E-state index in [1.165, 1.54) is 38.1 Å². The lowest BCUT2D eigenvalue weighted by molar-refractivity contribution is 0.857. The van der Waals surface area contributed by atoms with Crippen molar-refractivity contribution in [1.29, 1.82) is 0 Å². The van der Waals surface area contributed by atoms with Crippen molar-refractivity contribution in [2.75, 3.05) is 0 Å². The maximum absolute atomic E-state index is 5.10. The molecule has 0 radical (unpaired) electrons. The van der Waals surface area contributed by atoms with Gasteiger partial charge in [0, 0.05) is 11.8 Å². The largest absolute Gasteiger partial charge is 0.305 e. The Morgan fingerprint density at radius 3 is 1.94 bits per heavy atom. The molecule has 0 aliphatic heterocycles. The predicted molar refractivity (Wildman–Crippen MR) is 137 cm³/mol. The zero-order chi connectivity index (χ0) is 21.8. The van der Waals surface area contributed by atoms with E-state index in [0.717, 1.165) is 23.6 Å². The Kier molecular flexibility index (Phi) is 3.91. The molecule has 5 aromatic carbocycles. The SMILES string of the molecule is c1ccc(-c2cn3c4ccccc4n(Cc4c5ccccc5cc5ccccc45)c3n2)cc1. The highest BCUT2D eigenvalue weighted by Crippen LogP contribution is 2.32. The molecule has 0 atom stereocenters. The maximum Gasteiger partial charge on any atom is 0.215 e. The Hall–Kier alpha value is -4.37. The van der Waals surface area contributed by atoms with Crippen LogP contribution in [-0.2, 0) is 6.54 Å². The van der Waals surface area contributed by atoms with E-state index in [2.05, 4.69) is 118 Å². The van der Waals surface area contributed by atoms with E-state index in [1.54, 1.807) is 0 Å². The molecule has 156 valence electrons. The smallest absolute Gasteiger partial charge is 0.215 e. The van der Waals surface area contributed by atoms with Crippen molar-refractivity contribution in [3.63, 3.8) is 0 Å². The number of rotatable bonds is 3. The summed E-state index contributed by atoms with van der Waals surface area (Å²) < 4.78 is 4.58. The molecule has 7 aromatic rings. The number of hydrogen-bond donors (Lipinski definition) is 0. The third-order valence-electron chi connectivity index (χ3n) is 6.63. The average Bonchev–Trinajstić information content (AvgIpc) is 3.43. The molecule has 3 heteroatoms. The van der Waals surface area contributed by atoms with Gasteiger partial charge in [-0.25, -0.2) is 4.98 Å². The van der Waals surface area contributed by atoms with Crippen LogP contribution < -0.4 is 0 Å². The second kappa shape index (κ2) is 7.07. The fourth-order valence-corrected chi connectivity index (χ4v) is 5.08. The van der Waals surface area contributed by atoms with Crippen molar-refractivity contribution in [2.24, 2.45) is 0 Å². The predicted octanol–water partition coefficient (Wildman–Crippen LogP) is 7.31. The second-order valence-electron chi connectivity index (χ2n) is 8.53. The molecule has 0 amide bonds. The van der Waals surface area contributed by atoms with Crippen molar-refractivity contribution >= 4 is 38.4 Å². The molecule has 7 rings (SSSR count). The lowest BCUT2D eigenvalue weighted by atomic mass is 9.96. The maximum atomic E-state index is 5.10. The summed E-state index contributed by atoms with van der Waals surface area (Å²) in [5, 5.41) is 5.13.